The highest BCUT2D eigenvalue weighted by molar-refractivity contribution is 6.33. The third kappa shape index (κ3) is 5.94. The van der Waals surface area contributed by atoms with E-state index >= 15 is 0 Å². The quantitative estimate of drug-likeness (QED) is 0.494. The smallest absolute Gasteiger partial charge is 0.241 e. The lowest BCUT2D eigenvalue weighted by atomic mass is 9.97. The van der Waals surface area contributed by atoms with Crippen molar-refractivity contribution in [2.75, 3.05) is 19.6 Å². The number of amides is 2. The van der Waals surface area contributed by atoms with Crippen LogP contribution >= 0.6 is 11.6 Å². The molecule has 0 saturated carbocycles. The molecule has 2 aliphatic rings. The normalized spacial score (nSPS) is 18.5. The molecule has 188 valence electrons. The third-order valence-corrected chi connectivity index (χ3v) is 7.15. The minimum Gasteiger partial charge on any atom is -0.352 e. The standard InChI is InChI=1S/C27H30ClN5O3/c28-23-10-2-1-9-22(23)26-30-24(36-31-26)18-32-12-4-8-21(17-32)27(35)29-15-19-6-3-7-20(14-19)16-33-13-5-11-25(33)34/h1-3,6-7,9-10,14,21H,4-5,8,11-13,15-18H2,(H,29,35). The Kier molecular flexibility index (Phi) is 7.63. The molecule has 0 spiro atoms. The zero-order chi connectivity index (χ0) is 24.9. The summed E-state index contributed by atoms with van der Waals surface area (Å²) in [6.45, 7) is 3.95. The Hall–Kier alpha value is -3.23. The van der Waals surface area contributed by atoms with Crippen LogP contribution < -0.4 is 5.32 Å². The molecule has 0 radical (unpaired) electrons. The molecule has 2 aromatic carbocycles. The van der Waals surface area contributed by atoms with Gasteiger partial charge in [-0.1, -0.05) is 53.2 Å². The lowest BCUT2D eigenvalue weighted by molar-refractivity contribution is -0.128. The highest BCUT2D eigenvalue weighted by Crippen LogP contribution is 2.26. The Morgan fingerprint density at radius 2 is 1.94 bits per heavy atom. The molecule has 0 aliphatic carbocycles. The summed E-state index contributed by atoms with van der Waals surface area (Å²) >= 11 is 6.25. The van der Waals surface area contributed by atoms with Gasteiger partial charge < -0.3 is 14.7 Å². The van der Waals surface area contributed by atoms with Crippen LogP contribution in [0.2, 0.25) is 5.02 Å². The van der Waals surface area contributed by atoms with E-state index in [9.17, 15) is 9.59 Å². The number of benzene rings is 2. The molecule has 1 atom stereocenters. The van der Waals surface area contributed by atoms with Gasteiger partial charge in [-0.3, -0.25) is 14.5 Å². The number of hydrogen-bond acceptors (Lipinski definition) is 6. The van der Waals surface area contributed by atoms with E-state index in [0.717, 1.165) is 49.0 Å². The Bertz CT molecular complexity index is 1230. The van der Waals surface area contributed by atoms with E-state index < -0.39 is 0 Å². The maximum absolute atomic E-state index is 12.9. The first kappa shape index (κ1) is 24.5. The average Bonchev–Trinajstić information content (AvgIpc) is 3.52. The fourth-order valence-corrected chi connectivity index (χ4v) is 5.16. The van der Waals surface area contributed by atoms with Crippen LogP contribution in [0.1, 0.15) is 42.7 Å². The van der Waals surface area contributed by atoms with E-state index in [0.29, 0.717) is 49.3 Å². The van der Waals surface area contributed by atoms with Crippen LogP contribution in [-0.2, 0) is 29.2 Å². The van der Waals surface area contributed by atoms with Gasteiger partial charge in [-0.05, 0) is 49.1 Å². The van der Waals surface area contributed by atoms with Crippen LogP contribution in [0.3, 0.4) is 0 Å². The third-order valence-electron chi connectivity index (χ3n) is 6.82. The molecular formula is C27H30ClN5O3. The van der Waals surface area contributed by atoms with Crippen molar-refractivity contribution in [1.29, 1.82) is 0 Å². The molecule has 1 unspecified atom stereocenters. The predicted molar refractivity (Wildman–Crippen MR) is 136 cm³/mol. The van der Waals surface area contributed by atoms with Crippen molar-refractivity contribution < 1.29 is 14.1 Å². The van der Waals surface area contributed by atoms with Gasteiger partial charge in [-0.2, -0.15) is 4.98 Å². The van der Waals surface area contributed by atoms with Crippen LogP contribution in [0.4, 0.5) is 0 Å². The van der Waals surface area contributed by atoms with Crippen molar-refractivity contribution in [2.45, 2.75) is 45.3 Å². The van der Waals surface area contributed by atoms with Gasteiger partial charge in [-0.15, -0.1) is 0 Å². The summed E-state index contributed by atoms with van der Waals surface area (Å²) in [5.41, 5.74) is 2.87. The number of carbonyl (C=O) groups is 2. The van der Waals surface area contributed by atoms with Gasteiger partial charge in [0.1, 0.15) is 0 Å². The summed E-state index contributed by atoms with van der Waals surface area (Å²) in [6, 6.07) is 15.5. The Labute approximate surface area is 215 Å². The molecule has 3 aromatic rings. The lowest BCUT2D eigenvalue weighted by Gasteiger charge is -2.30. The molecule has 2 aliphatic heterocycles. The molecule has 8 nitrogen and oxygen atoms in total. The van der Waals surface area contributed by atoms with Gasteiger partial charge >= 0.3 is 0 Å². The molecule has 2 fully saturated rings. The number of nitrogens with one attached hydrogen (secondary N) is 1. The lowest BCUT2D eigenvalue weighted by Crippen LogP contribution is -2.42. The van der Waals surface area contributed by atoms with Crippen LogP contribution in [-0.4, -0.2) is 51.4 Å². The zero-order valence-corrected chi connectivity index (χ0v) is 20.9. The van der Waals surface area contributed by atoms with E-state index in [2.05, 4.69) is 26.4 Å². The first-order valence-corrected chi connectivity index (χ1v) is 12.9. The van der Waals surface area contributed by atoms with E-state index in [4.69, 9.17) is 16.1 Å². The van der Waals surface area contributed by atoms with Gasteiger partial charge in [-0.25, -0.2) is 0 Å². The highest BCUT2D eigenvalue weighted by Gasteiger charge is 2.27. The predicted octanol–water partition coefficient (Wildman–Crippen LogP) is 4.04. The monoisotopic (exact) mass is 507 g/mol. The van der Waals surface area contributed by atoms with E-state index in [1.165, 1.54) is 0 Å². The second kappa shape index (κ2) is 11.2. The maximum Gasteiger partial charge on any atom is 0.241 e. The van der Waals surface area contributed by atoms with Gasteiger partial charge in [0, 0.05) is 38.2 Å². The molecular weight excluding hydrogens is 478 g/mol. The maximum atomic E-state index is 12.9. The van der Waals surface area contributed by atoms with Gasteiger partial charge in [0.2, 0.25) is 23.5 Å². The molecule has 36 heavy (non-hydrogen) atoms. The summed E-state index contributed by atoms with van der Waals surface area (Å²) < 4.78 is 5.46. The summed E-state index contributed by atoms with van der Waals surface area (Å²) in [4.78, 5) is 33.5. The molecule has 2 saturated heterocycles. The second-order valence-electron chi connectivity index (χ2n) is 9.52. The molecule has 3 heterocycles. The van der Waals surface area contributed by atoms with Crippen LogP contribution in [0.25, 0.3) is 11.4 Å². The first-order chi connectivity index (χ1) is 17.5. The fourth-order valence-electron chi connectivity index (χ4n) is 4.94. The van der Waals surface area contributed by atoms with Crippen molar-refractivity contribution in [2.24, 2.45) is 5.92 Å². The highest BCUT2D eigenvalue weighted by atomic mass is 35.5. The number of halogens is 1. The van der Waals surface area contributed by atoms with Crippen molar-refractivity contribution >= 4 is 23.4 Å². The largest absolute Gasteiger partial charge is 0.352 e. The molecule has 0 bridgehead atoms. The molecule has 2 amide bonds. The van der Waals surface area contributed by atoms with Gasteiger partial charge in [0.15, 0.2) is 0 Å². The van der Waals surface area contributed by atoms with Crippen molar-refractivity contribution in [3.63, 3.8) is 0 Å². The zero-order valence-electron chi connectivity index (χ0n) is 20.2. The Morgan fingerprint density at radius 3 is 2.78 bits per heavy atom. The Balaban J connectivity index is 1.13. The number of carbonyl (C=O) groups excluding carboxylic acids is 2. The molecule has 9 heteroatoms. The number of aromatic nitrogens is 2. The van der Waals surface area contributed by atoms with Crippen LogP contribution in [0.5, 0.6) is 0 Å². The minimum atomic E-state index is -0.0879. The molecule has 1 aromatic heterocycles. The van der Waals surface area contributed by atoms with E-state index in [1.54, 1.807) is 6.07 Å². The van der Waals surface area contributed by atoms with Crippen molar-refractivity contribution in [1.82, 2.24) is 25.3 Å². The summed E-state index contributed by atoms with van der Waals surface area (Å²) in [5.74, 6) is 1.17. The topological polar surface area (TPSA) is 91.6 Å². The Morgan fingerprint density at radius 1 is 1.08 bits per heavy atom. The van der Waals surface area contributed by atoms with Crippen molar-refractivity contribution in [3.05, 3.63) is 70.6 Å². The van der Waals surface area contributed by atoms with Gasteiger partial charge in [0.25, 0.3) is 0 Å². The van der Waals surface area contributed by atoms with E-state index in [1.807, 2.05) is 41.3 Å². The number of rotatable bonds is 8. The summed E-state index contributed by atoms with van der Waals surface area (Å²) in [5, 5.41) is 7.76. The van der Waals surface area contributed by atoms with Gasteiger partial charge in [0.05, 0.1) is 17.5 Å². The van der Waals surface area contributed by atoms with Crippen molar-refractivity contribution in [3.8, 4) is 11.4 Å². The van der Waals surface area contributed by atoms with Crippen LogP contribution in [0, 0.1) is 5.92 Å². The summed E-state index contributed by atoms with van der Waals surface area (Å²) in [6.07, 6.45) is 3.36. The summed E-state index contributed by atoms with van der Waals surface area (Å²) in [7, 11) is 0. The molecule has 5 rings (SSSR count). The number of likely N-dealkylation sites (tertiary alicyclic amines) is 2. The number of hydrogen-bond donors (Lipinski definition) is 1. The average molecular weight is 508 g/mol. The SMILES string of the molecule is O=C(NCc1cccc(CN2CCCC2=O)c1)C1CCCN(Cc2nc(-c3ccccc3Cl)no2)C1. The van der Waals surface area contributed by atoms with E-state index in [-0.39, 0.29) is 17.7 Å². The minimum absolute atomic E-state index is 0.0575. The fraction of sp³-hybridized carbons (Fsp3) is 0.407. The molecule has 1 N–H and O–H groups in total. The number of nitrogens with zero attached hydrogens (tertiary/aromatic N) is 4. The van der Waals surface area contributed by atoms with Crippen LogP contribution in [0.15, 0.2) is 53.1 Å². The first-order valence-electron chi connectivity index (χ1n) is 12.5. The second-order valence-corrected chi connectivity index (χ2v) is 9.93. The number of piperidine rings is 1.